The highest BCUT2D eigenvalue weighted by Crippen LogP contribution is 2.35. The quantitative estimate of drug-likeness (QED) is 0.819. The smallest absolute Gasteiger partial charge is 0.410 e. The molecule has 0 bridgehead atoms. The molecule has 2 fully saturated rings. The van der Waals surface area contributed by atoms with Crippen LogP contribution in [-0.4, -0.2) is 67.6 Å². The van der Waals surface area contributed by atoms with Gasteiger partial charge < -0.3 is 19.6 Å². The summed E-state index contributed by atoms with van der Waals surface area (Å²) < 4.78 is 7.28. The fourth-order valence-electron chi connectivity index (χ4n) is 4.16. The molecule has 9 nitrogen and oxygen atoms in total. The van der Waals surface area contributed by atoms with Gasteiger partial charge in [-0.15, -0.1) is 0 Å². The van der Waals surface area contributed by atoms with Gasteiger partial charge in [-0.25, -0.2) is 14.6 Å². The standard InChI is InChI=1S/C21H29N5O4/c1-21(2,3)30-20(29)26(13-5-6-13)14-7-9-25(10-8-14)16-11-22-18(19(27)28)17-15(16)12-24(4)23-17/h11-14H,5-10H2,1-4H3,(H,27,28). The van der Waals surface area contributed by atoms with Gasteiger partial charge in [-0.1, -0.05) is 0 Å². The van der Waals surface area contributed by atoms with Gasteiger partial charge in [0, 0.05) is 43.8 Å². The van der Waals surface area contributed by atoms with Crippen molar-refractivity contribution in [3.05, 3.63) is 18.1 Å². The highest BCUT2D eigenvalue weighted by atomic mass is 16.6. The van der Waals surface area contributed by atoms with Crippen molar-refractivity contribution < 1.29 is 19.4 Å². The number of nitrogens with zero attached hydrogens (tertiary/aromatic N) is 5. The van der Waals surface area contributed by atoms with Gasteiger partial charge in [0.25, 0.3) is 0 Å². The van der Waals surface area contributed by atoms with Crippen LogP contribution in [0.5, 0.6) is 0 Å². The van der Waals surface area contributed by atoms with E-state index in [1.165, 1.54) is 0 Å². The third kappa shape index (κ3) is 4.06. The molecule has 4 rings (SSSR count). The summed E-state index contributed by atoms with van der Waals surface area (Å²) >= 11 is 0. The first-order chi connectivity index (χ1) is 14.1. The topological polar surface area (TPSA) is 101 Å². The number of fused-ring (bicyclic) bond motifs is 1. The van der Waals surface area contributed by atoms with Gasteiger partial charge in [-0.3, -0.25) is 4.68 Å². The van der Waals surface area contributed by atoms with Crippen LogP contribution in [0.4, 0.5) is 10.5 Å². The first kappa shape index (κ1) is 20.4. The van der Waals surface area contributed by atoms with Gasteiger partial charge in [0.2, 0.25) is 0 Å². The predicted octanol–water partition coefficient (Wildman–Crippen LogP) is 3.03. The van der Waals surface area contributed by atoms with E-state index in [-0.39, 0.29) is 23.9 Å². The highest BCUT2D eigenvalue weighted by Gasteiger charge is 2.40. The lowest BCUT2D eigenvalue weighted by Gasteiger charge is -2.40. The number of aryl methyl sites for hydroxylation is 1. The summed E-state index contributed by atoms with van der Waals surface area (Å²) in [5.41, 5.74) is 0.748. The summed E-state index contributed by atoms with van der Waals surface area (Å²) in [6.07, 6.45) is 6.98. The van der Waals surface area contributed by atoms with Crippen LogP contribution in [0, 0.1) is 0 Å². The molecule has 30 heavy (non-hydrogen) atoms. The molecule has 0 atom stereocenters. The second kappa shape index (κ2) is 7.45. The number of pyridine rings is 1. The van der Waals surface area contributed by atoms with Crippen molar-refractivity contribution in [2.24, 2.45) is 7.05 Å². The van der Waals surface area contributed by atoms with Crippen LogP contribution in [-0.2, 0) is 11.8 Å². The van der Waals surface area contributed by atoms with E-state index in [1.807, 2.05) is 31.9 Å². The van der Waals surface area contributed by atoms with E-state index in [0.717, 1.165) is 49.8 Å². The summed E-state index contributed by atoms with van der Waals surface area (Å²) in [7, 11) is 1.77. The van der Waals surface area contributed by atoms with Crippen LogP contribution < -0.4 is 4.90 Å². The van der Waals surface area contributed by atoms with E-state index in [9.17, 15) is 14.7 Å². The molecule has 1 amide bonds. The van der Waals surface area contributed by atoms with Crippen molar-refractivity contribution in [2.75, 3.05) is 18.0 Å². The summed E-state index contributed by atoms with van der Waals surface area (Å²) in [6.45, 7) is 7.20. The first-order valence-electron chi connectivity index (χ1n) is 10.5. The molecular formula is C21H29N5O4. The number of carbonyl (C=O) groups excluding carboxylic acids is 1. The second-order valence-corrected chi connectivity index (χ2v) is 9.20. The Hall–Kier alpha value is -2.84. The van der Waals surface area contributed by atoms with Crippen LogP contribution in [0.2, 0.25) is 0 Å². The summed E-state index contributed by atoms with van der Waals surface area (Å²) in [5.74, 6) is -1.08. The maximum absolute atomic E-state index is 12.8. The molecule has 0 radical (unpaired) electrons. The van der Waals surface area contributed by atoms with E-state index < -0.39 is 11.6 Å². The van der Waals surface area contributed by atoms with Crippen LogP contribution in [0.25, 0.3) is 10.9 Å². The Labute approximate surface area is 175 Å². The highest BCUT2D eigenvalue weighted by molar-refractivity contribution is 6.04. The molecule has 2 aliphatic rings. The van der Waals surface area contributed by atoms with E-state index >= 15 is 0 Å². The molecule has 1 aliphatic heterocycles. The van der Waals surface area contributed by atoms with Crippen LogP contribution in [0.15, 0.2) is 12.4 Å². The fraction of sp³-hybridized carbons (Fsp3) is 0.619. The number of hydrogen-bond acceptors (Lipinski definition) is 6. The van der Waals surface area contributed by atoms with Gasteiger partial charge in [0.05, 0.1) is 11.9 Å². The van der Waals surface area contributed by atoms with Crippen molar-refractivity contribution in [2.45, 2.75) is 64.1 Å². The molecule has 162 valence electrons. The summed E-state index contributed by atoms with van der Waals surface area (Å²) in [5, 5.41) is 14.5. The van der Waals surface area contributed by atoms with Crippen LogP contribution in [0.3, 0.4) is 0 Å². The third-order valence-electron chi connectivity index (χ3n) is 5.59. The Morgan fingerprint density at radius 3 is 2.37 bits per heavy atom. The molecular weight excluding hydrogens is 386 g/mol. The van der Waals surface area contributed by atoms with Crippen molar-refractivity contribution in [3.8, 4) is 0 Å². The van der Waals surface area contributed by atoms with Gasteiger partial charge in [-0.05, 0) is 46.5 Å². The van der Waals surface area contributed by atoms with Crippen molar-refractivity contribution >= 4 is 28.7 Å². The Morgan fingerprint density at radius 1 is 1.17 bits per heavy atom. The van der Waals surface area contributed by atoms with Crippen molar-refractivity contribution in [1.82, 2.24) is 19.7 Å². The average molecular weight is 415 g/mol. The number of anilines is 1. The Kier molecular flexibility index (Phi) is 5.07. The normalized spacial score (nSPS) is 17.9. The summed E-state index contributed by atoms with van der Waals surface area (Å²) in [6, 6.07) is 0.442. The number of piperidine rings is 1. The zero-order valence-corrected chi connectivity index (χ0v) is 18.0. The number of ether oxygens (including phenoxy) is 1. The van der Waals surface area contributed by atoms with Gasteiger partial charge >= 0.3 is 12.1 Å². The molecule has 1 N–H and O–H groups in total. The number of amides is 1. The molecule has 1 saturated carbocycles. The molecule has 2 aromatic heterocycles. The number of carboxylic acids is 1. The zero-order valence-electron chi connectivity index (χ0n) is 18.0. The fourth-order valence-corrected chi connectivity index (χ4v) is 4.16. The number of carbonyl (C=O) groups is 2. The predicted molar refractivity (Wildman–Crippen MR) is 112 cm³/mol. The van der Waals surface area contributed by atoms with E-state index in [4.69, 9.17) is 4.74 Å². The Balaban J connectivity index is 1.51. The second-order valence-electron chi connectivity index (χ2n) is 9.20. The zero-order chi connectivity index (χ0) is 21.6. The van der Waals surface area contributed by atoms with Gasteiger partial charge in [0.1, 0.15) is 11.1 Å². The molecule has 0 aromatic carbocycles. The van der Waals surface area contributed by atoms with Gasteiger partial charge in [0.15, 0.2) is 5.69 Å². The van der Waals surface area contributed by atoms with Gasteiger partial charge in [-0.2, -0.15) is 5.10 Å². The SMILES string of the molecule is Cn1cc2c(N3CCC(N(C(=O)OC(C)(C)C)C4CC4)CC3)cnc(C(=O)O)c2n1. The van der Waals surface area contributed by atoms with E-state index in [0.29, 0.717) is 5.52 Å². The number of rotatable bonds is 4. The van der Waals surface area contributed by atoms with Crippen molar-refractivity contribution in [1.29, 1.82) is 0 Å². The van der Waals surface area contributed by atoms with Crippen LogP contribution >= 0.6 is 0 Å². The van der Waals surface area contributed by atoms with E-state index in [1.54, 1.807) is 17.9 Å². The van der Waals surface area contributed by atoms with Crippen LogP contribution in [0.1, 0.15) is 56.9 Å². The number of aromatic nitrogens is 3. The number of hydrogen-bond donors (Lipinski definition) is 1. The Morgan fingerprint density at radius 2 is 1.80 bits per heavy atom. The lowest BCUT2D eigenvalue weighted by atomic mass is 10.0. The van der Waals surface area contributed by atoms with E-state index in [2.05, 4.69) is 15.0 Å². The third-order valence-corrected chi connectivity index (χ3v) is 5.59. The first-order valence-corrected chi connectivity index (χ1v) is 10.5. The number of carboxylic acid groups (broad SMARTS) is 1. The lowest BCUT2D eigenvalue weighted by Crippen LogP contribution is -2.50. The maximum Gasteiger partial charge on any atom is 0.410 e. The molecule has 9 heteroatoms. The molecule has 2 aromatic rings. The molecule has 0 spiro atoms. The average Bonchev–Trinajstić information content (AvgIpc) is 3.39. The maximum atomic E-state index is 12.8. The monoisotopic (exact) mass is 415 g/mol. The minimum Gasteiger partial charge on any atom is -0.476 e. The minimum absolute atomic E-state index is 0.0333. The Bertz CT molecular complexity index is 968. The molecule has 1 aliphatic carbocycles. The molecule has 0 unspecified atom stereocenters. The molecule has 1 saturated heterocycles. The number of aromatic carboxylic acids is 1. The molecule has 3 heterocycles. The largest absolute Gasteiger partial charge is 0.476 e. The minimum atomic E-state index is -1.08. The van der Waals surface area contributed by atoms with Crippen molar-refractivity contribution in [3.63, 3.8) is 0 Å². The lowest BCUT2D eigenvalue weighted by molar-refractivity contribution is 0.0113. The summed E-state index contributed by atoms with van der Waals surface area (Å²) in [4.78, 5) is 32.6.